The number of nitrogens with zero attached hydrogens (tertiary/aromatic N) is 3. The van der Waals surface area contributed by atoms with Crippen LogP contribution in [0.3, 0.4) is 0 Å². The first-order valence-electron chi connectivity index (χ1n) is 9.00. The number of aromatic nitrogens is 5. The summed E-state index contributed by atoms with van der Waals surface area (Å²) >= 11 is 7.01. The van der Waals surface area contributed by atoms with E-state index >= 15 is 0 Å². The van der Waals surface area contributed by atoms with Crippen molar-refractivity contribution in [2.75, 3.05) is 5.32 Å². The highest BCUT2D eigenvalue weighted by Gasteiger charge is 2.14. The van der Waals surface area contributed by atoms with Crippen molar-refractivity contribution in [1.29, 1.82) is 0 Å². The molecule has 4 aromatic rings. The van der Waals surface area contributed by atoms with E-state index in [0.29, 0.717) is 26.7 Å². The second kappa shape index (κ2) is 8.60. The van der Waals surface area contributed by atoms with E-state index in [2.05, 4.69) is 25.5 Å². The van der Waals surface area contributed by atoms with Crippen LogP contribution in [0.25, 0.3) is 0 Å². The van der Waals surface area contributed by atoms with Gasteiger partial charge in [0, 0.05) is 16.3 Å². The average molecular weight is 441 g/mol. The largest absolute Gasteiger partial charge is 0.329 e. The molecule has 10 heteroatoms. The first-order chi connectivity index (χ1) is 14.5. The van der Waals surface area contributed by atoms with Crippen LogP contribution < -0.4 is 16.6 Å². The predicted molar refractivity (Wildman–Crippen MR) is 117 cm³/mol. The summed E-state index contributed by atoms with van der Waals surface area (Å²) in [6.45, 7) is 1.88. The zero-order valence-electron chi connectivity index (χ0n) is 15.8. The Labute approximate surface area is 180 Å². The second-order valence-corrected chi connectivity index (χ2v) is 7.89. The Morgan fingerprint density at radius 2 is 1.83 bits per heavy atom. The van der Waals surface area contributed by atoms with E-state index in [-0.39, 0.29) is 12.1 Å². The van der Waals surface area contributed by atoms with E-state index in [1.165, 1.54) is 4.57 Å². The fourth-order valence-electron chi connectivity index (χ4n) is 2.77. The molecule has 3 N–H and O–H groups in total. The summed E-state index contributed by atoms with van der Waals surface area (Å²) in [5.74, 6) is 0.359. The van der Waals surface area contributed by atoms with Crippen LogP contribution >= 0.6 is 23.4 Å². The Morgan fingerprint density at radius 1 is 1.10 bits per heavy atom. The van der Waals surface area contributed by atoms with E-state index < -0.39 is 5.69 Å². The summed E-state index contributed by atoms with van der Waals surface area (Å²) < 4.78 is 1.18. The van der Waals surface area contributed by atoms with Gasteiger partial charge in [-0.05, 0) is 48.5 Å². The molecular weight excluding hydrogens is 424 g/mol. The number of benzene rings is 2. The maximum absolute atomic E-state index is 12.7. The molecule has 0 radical (unpaired) electrons. The minimum absolute atomic E-state index is 0.207. The van der Waals surface area contributed by atoms with Gasteiger partial charge in [-0.1, -0.05) is 41.9 Å². The van der Waals surface area contributed by atoms with E-state index in [9.17, 15) is 9.59 Å². The number of hydrogen-bond donors (Lipinski definition) is 3. The van der Waals surface area contributed by atoms with Crippen molar-refractivity contribution in [2.45, 2.75) is 23.7 Å². The van der Waals surface area contributed by atoms with Crippen molar-refractivity contribution in [2.24, 2.45) is 0 Å². The molecule has 152 valence electrons. The molecule has 2 aromatic heterocycles. The van der Waals surface area contributed by atoms with Gasteiger partial charge < -0.3 is 10.3 Å². The molecule has 0 unspecified atom stereocenters. The van der Waals surface area contributed by atoms with Gasteiger partial charge in [-0.15, -0.1) is 5.10 Å². The molecule has 0 bridgehead atoms. The lowest BCUT2D eigenvalue weighted by Crippen LogP contribution is -2.37. The summed E-state index contributed by atoms with van der Waals surface area (Å²) in [7, 11) is 0. The van der Waals surface area contributed by atoms with Crippen molar-refractivity contribution >= 4 is 35.0 Å². The van der Waals surface area contributed by atoms with Gasteiger partial charge in [0.05, 0.1) is 11.6 Å². The van der Waals surface area contributed by atoms with Crippen molar-refractivity contribution in [3.63, 3.8) is 0 Å². The first kappa shape index (κ1) is 20.0. The number of aromatic amines is 2. The zero-order valence-corrected chi connectivity index (χ0v) is 17.4. The summed E-state index contributed by atoms with van der Waals surface area (Å²) in [5.41, 5.74) is 1.26. The normalized spacial score (nSPS) is 10.9. The van der Waals surface area contributed by atoms with E-state index in [1.54, 1.807) is 31.2 Å². The number of halogens is 1. The average Bonchev–Trinajstić information content (AvgIpc) is 3.18. The van der Waals surface area contributed by atoms with Crippen LogP contribution in [-0.4, -0.2) is 24.7 Å². The fraction of sp³-hybridized carbons (Fsp3) is 0.100. The van der Waals surface area contributed by atoms with E-state index in [1.807, 2.05) is 30.3 Å². The highest BCUT2D eigenvalue weighted by atomic mass is 35.5. The van der Waals surface area contributed by atoms with Gasteiger partial charge in [0.15, 0.2) is 5.16 Å². The van der Waals surface area contributed by atoms with E-state index in [4.69, 9.17) is 11.6 Å². The van der Waals surface area contributed by atoms with Gasteiger partial charge in [0.1, 0.15) is 0 Å². The molecule has 0 amide bonds. The number of anilines is 2. The van der Waals surface area contributed by atoms with Gasteiger partial charge in [-0.3, -0.25) is 14.5 Å². The molecular formula is C20H17ClN6O2S. The Hall–Kier alpha value is -3.30. The van der Waals surface area contributed by atoms with Crippen LogP contribution in [0.2, 0.25) is 5.02 Å². The van der Waals surface area contributed by atoms with Crippen LogP contribution in [0.4, 0.5) is 11.6 Å². The lowest BCUT2D eigenvalue weighted by atomic mass is 10.2. The molecule has 0 aliphatic carbocycles. The molecule has 0 atom stereocenters. The van der Waals surface area contributed by atoms with Gasteiger partial charge in [0.2, 0.25) is 5.95 Å². The lowest BCUT2D eigenvalue weighted by molar-refractivity contribution is 0.671. The third-order valence-corrected chi connectivity index (χ3v) is 5.56. The SMILES string of the molecule is Cc1c(Sc2nc(Nc3ccc(Cl)cc3)n[nH]2)[nH]c(=O)n(Cc2ccccc2)c1=O. The molecule has 30 heavy (non-hydrogen) atoms. The Kier molecular flexibility index (Phi) is 5.73. The minimum Gasteiger partial charge on any atom is -0.323 e. The number of hydrogen-bond acceptors (Lipinski definition) is 6. The lowest BCUT2D eigenvalue weighted by Gasteiger charge is -2.08. The van der Waals surface area contributed by atoms with Crippen molar-refractivity contribution in [3.05, 3.63) is 91.6 Å². The summed E-state index contributed by atoms with van der Waals surface area (Å²) in [6.07, 6.45) is 0. The molecule has 4 rings (SSSR count). The molecule has 0 fully saturated rings. The van der Waals surface area contributed by atoms with Gasteiger partial charge in [0.25, 0.3) is 5.56 Å². The molecule has 0 aliphatic rings. The molecule has 0 spiro atoms. The van der Waals surface area contributed by atoms with Crippen molar-refractivity contribution < 1.29 is 0 Å². The molecule has 0 aliphatic heterocycles. The first-order valence-corrected chi connectivity index (χ1v) is 10.2. The zero-order chi connectivity index (χ0) is 21.1. The topological polar surface area (TPSA) is 108 Å². The maximum Gasteiger partial charge on any atom is 0.329 e. The van der Waals surface area contributed by atoms with Crippen molar-refractivity contribution in [1.82, 2.24) is 24.7 Å². The summed E-state index contributed by atoms with van der Waals surface area (Å²) in [6, 6.07) is 16.5. The minimum atomic E-state index is -0.476. The molecule has 0 saturated heterocycles. The Morgan fingerprint density at radius 3 is 2.57 bits per heavy atom. The second-order valence-electron chi connectivity index (χ2n) is 6.46. The summed E-state index contributed by atoms with van der Waals surface area (Å²) in [4.78, 5) is 32.3. The Bertz CT molecular complexity index is 1280. The molecule has 8 nitrogen and oxygen atoms in total. The predicted octanol–water partition coefficient (Wildman–Crippen LogP) is 3.56. The smallest absolute Gasteiger partial charge is 0.323 e. The van der Waals surface area contributed by atoms with Crippen LogP contribution in [0.1, 0.15) is 11.1 Å². The maximum atomic E-state index is 12.7. The highest BCUT2D eigenvalue weighted by molar-refractivity contribution is 7.99. The Balaban J connectivity index is 1.54. The third-order valence-electron chi connectivity index (χ3n) is 4.32. The summed E-state index contributed by atoms with van der Waals surface area (Å²) in [5, 5.41) is 11.4. The van der Waals surface area contributed by atoms with Gasteiger partial charge in [-0.25, -0.2) is 4.79 Å². The van der Waals surface area contributed by atoms with Crippen LogP contribution in [0.5, 0.6) is 0 Å². The molecule has 2 heterocycles. The number of nitrogens with one attached hydrogen (secondary N) is 3. The van der Waals surface area contributed by atoms with Crippen LogP contribution in [-0.2, 0) is 6.54 Å². The number of rotatable bonds is 6. The number of H-pyrrole nitrogens is 2. The standard InChI is InChI=1S/C20H17ClN6O2S/c1-12-16(23-20(29)27(17(12)28)11-13-5-3-2-4-6-13)30-19-24-18(25-26-19)22-15-9-7-14(21)8-10-15/h2-10H,11H2,1H3,(H,23,29)(H2,22,24,25,26). The fourth-order valence-corrected chi connectivity index (χ4v) is 3.69. The van der Waals surface area contributed by atoms with Crippen LogP contribution in [0.15, 0.2) is 74.4 Å². The van der Waals surface area contributed by atoms with Gasteiger partial charge >= 0.3 is 5.69 Å². The monoisotopic (exact) mass is 440 g/mol. The highest BCUT2D eigenvalue weighted by Crippen LogP contribution is 2.25. The molecule has 0 saturated carbocycles. The van der Waals surface area contributed by atoms with Gasteiger partial charge in [-0.2, -0.15) is 4.98 Å². The van der Waals surface area contributed by atoms with E-state index in [0.717, 1.165) is 23.0 Å². The van der Waals surface area contributed by atoms with Crippen LogP contribution in [0, 0.1) is 6.92 Å². The third kappa shape index (κ3) is 4.47. The quantitative estimate of drug-likeness (QED) is 0.395. The van der Waals surface area contributed by atoms with Crippen molar-refractivity contribution in [3.8, 4) is 0 Å². The molecule has 2 aromatic carbocycles.